The second kappa shape index (κ2) is 7.46. The van der Waals surface area contributed by atoms with Crippen molar-refractivity contribution in [2.45, 2.75) is 40.3 Å². The van der Waals surface area contributed by atoms with Gasteiger partial charge in [0.1, 0.15) is 11.3 Å². The van der Waals surface area contributed by atoms with E-state index in [0.717, 1.165) is 37.5 Å². The van der Waals surface area contributed by atoms with Crippen LogP contribution in [0, 0.1) is 5.92 Å². The van der Waals surface area contributed by atoms with E-state index >= 15 is 0 Å². The predicted octanol–water partition coefficient (Wildman–Crippen LogP) is 4.11. The van der Waals surface area contributed by atoms with E-state index in [1.165, 1.54) is 10.9 Å². The van der Waals surface area contributed by atoms with Gasteiger partial charge in [0.2, 0.25) is 0 Å². The lowest BCUT2D eigenvalue weighted by atomic mass is 10.1. The van der Waals surface area contributed by atoms with Crippen LogP contribution in [0.2, 0.25) is 0 Å². The topological polar surface area (TPSA) is 34.4 Å². The number of hydrogen-bond acceptors (Lipinski definition) is 3. The van der Waals surface area contributed by atoms with E-state index in [1.807, 2.05) is 18.2 Å². The molecule has 0 fully saturated rings. The number of fused-ring (bicyclic) bond motifs is 1. The average Bonchev–Trinajstić information content (AvgIpc) is 2.79. The van der Waals surface area contributed by atoms with Gasteiger partial charge in [-0.1, -0.05) is 39.0 Å². The Morgan fingerprint density at radius 1 is 1.25 bits per heavy atom. The quantitative estimate of drug-likeness (QED) is 0.736. The highest BCUT2D eigenvalue weighted by molar-refractivity contribution is 5.82. The fourth-order valence-electron chi connectivity index (χ4n) is 2.18. The lowest BCUT2D eigenvalue weighted by molar-refractivity contribution is 0.110. The zero-order chi connectivity index (χ0) is 14.4. The predicted molar refractivity (Wildman–Crippen MR) is 82.7 cm³/mol. The summed E-state index contributed by atoms with van der Waals surface area (Å²) in [4.78, 5) is 0. The zero-order valence-corrected chi connectivity index (χ0v) is 12.7. The van der Waals surface area contributed by atoms with E-state index in [4.69, 9.17) is 9.15 Å². The number of ether oxygens (including phenoxy) is 1. The monoisotopic (exact) mass is 275 g/mol. The Kier molecular flexibility index (Phi) is 5.62. The third-order valence-corrected chi connectivity index (χ3v) is 3.40. The zero-order valence-electron chi connectivity index (χ0n) is 12.7. The molecule has 3 nitrogen and oxygen atoms in total. The van der Waals surface area contributed by atoms with Gasteiger partial charge in [-0.05, 0) is 24.9 Å². The number of hydrogen-bond donors (Lipinski definition) is 1. The lowest BCUT2D eigenvalue weighted by Crippen LogP contribution is -2.12. The normalized spacial score (nSPS) is 11.6. The van der Waals surface area contributed by atoms with Gasteiger partial charge < -0.3 is 14.5 Å². The van der Waals surface area contributed by atoms with Crippen molar-refractivity contribution >= 4 is 11.0 Å². The summed E-state index contributed by atoms with van der Waals surface area (Å²) < 4.78 is 11.8. The number of rotatable bonds is 8. The fraction of sp³-hybridized carbons (Fsp3) is 0.529. The van der Waals surface area contributed by atoms with Crippen LogP contribution in [0.25, 0.3) is 11.0 Å². The molecule has 0 radical (unpaired) electrons. The molecule has 0 atom stereocenters. The summed E-state index contributed by atoms with van der Waals surface area (Å²) in [6, 6.07) is 8.18. The van der Waals surface area contributed by atoms with Crippen LogP contribution in [0.3, 0.4) is 0 Å². The third-order valence-electron chi connectivity index (χ3n) is 3.40. The van der Waals surface area contributed by atoms with Crippen molar-refractivity contribution in [3.63, 3.8) is 0 Å². The average molecular weight is 275 g/mol. The van der Waals surface area contributed by atoms with Crippen LogP contribution in [0.15, 0.2) is 28.7 Å². The highest BCUT2D eigenvalue weighted by Gasteiger charge is 2.13. The second-order valence-electron chi connectivity index (χ2n) is 5.52. The molecule has 1 heterocycles. The minimum absolute atomic E-state index is 0.629. The molecule has 0 saturated heterocycles. The summed E-state index contributed by atoms with van der Waals surface area (Å²) in [6.07, 6.45) is 1.10. The van der Waals surface area contributed by atoms with Crippen LogP contribution < -0.4 is 5.32 Å². The SMILES string of the molecule is CCNCc1oc2ccccc2c1COCCC(C)C. The molecular formula is C17H25NO2. The van der Waals surface area contributed by atoms with Gasteiger partial charge in [0.25, 0.3) is 0 Å². The molecule has 0 saturated carbocycles. The second-order valence-corrected chi connectivity index (χ2v) is 5.52. The maximum absolute atomic E-state index is 5.94. The van der Waals surface area contributed by atoms with Crippen molar-refractivity contribution in [1.82, 2.24) is 5.32 Å². The van der Waals surface area contributed by atoms with E-state index < -0.39 is 0 Å². The smallest absolute Gasteiger partial charge is 0.134 e. The summed E-state index contributed by atoms with van der Waals surface area (Å²) in [5.41, 5.74) is 2.13. The van der Waals surface area contributed by atoms with Gasteiger partial charge in [-0.3, -0.25) is 0 Å². The van der Waals surface area contributed by atoms with Crippen molar-refractivity contribution in [3.05, 3.63) is 35.6 Å². The van der Waals surface area contributed by atoms with Crippen molar-refractivity contribution in [2.75, 3.05) is 13.2 Å². The molecule has 3 heteroatoms. The summed E-state index contributed by atoms with van der Waals surface area (Å²) in [6.45, 7) is 9.66. The molecule has 20 heavy (non-hydrogen) atoms. The van der Waals surface area contributed by atoms with Crippen molar-refractivity contribution in [2.24, 2.45) is 5.92 Å². The maximum atomic E-state index is 5.94. The Hall–Kier alpha value is -1.32. The molecule has 0 aliphatic rings. The Bertz CT molecular complexity index is 531. The van der Waals surface area contributed by atoms with Gasteiger partial charge >= 0.3 is 0 Å². The standard InChI is InChI=1S/C17H25NO2/c1-4-18-11-17-15(12-19-10-9-13(2)3)14-7-5-6-8-16(14)20-17/h5-8,13,18H,4,9-12H2,1-3H3. The molecule has 2 rings (SSSR count). The van der Waals surface area contributed by atoms with Gasteiger partial charge in [0.15, 0.2) is 0 Å². The molecule has 0 unspecified atom stereocenters. The summed E-state index contributed by atoms with van der Waals surface area (Å²) in [5.74, 6) is 1.68. The molecule has 0 spiro atoms. The first kappa shape index (κ1) is 15.1. The minimum Gasteiger partial charge on any atom is -0.459 e. The van der Waals surface area contributed by atoms with E-state index in [2.05, 4.69) is 32.2 Å². The largest absolute Gasteiger partial charge is 0.459 e. The van der Waals surface area contributed by atoms with Crippen molar-refractivity contribution < 1.29 is 9.15 Å². The molecule has 0 amide bonds. The van der Waals surface area contributed by atoms with Gasteiger partial charge in [0.05, 0.1) is 13.2 Å². The van der Waals surface area contributed by atoms with Gasteiger partial charge in [0, 0.05) is 17.6 Å². The van der Waals surface area contributed by atoms with Gasteiger partial charge in [-0.15, -0.1) is 0 Å². The Labute approximate surface area is 121 Å². The first-order chi connectivity index (χ1) is 9.72. The van der Waals surface area contributed by atoms with Crippen LogP contribution in [-0.4, -0.2) is 13.2 Å². The van der Waals surface area contributed by atoms with Gasteiger partial charge in [-0.2, -0.15) is 0 Å². The first-order valence-corrected chi connectivity index (χ1v) is 7.50. The molecule has 2 aromatic rings. The maximum Gasteiger partial charge on any atom is 0.134 e. The molecule has 1 aromatic heterocycles. The molecule has 0 aliphatic carbocycles. The summed E-state index contributed by atoms with van der Waals surface area (Å²) >= 11 is 0. The molecule has 1 N–H and O–H groups in total. The van der Waals surface area contributed by atoms with E-state index in [9.17, 15) is 0 Å². The van der Waals surface area contributed by atoms with Crippen LogP contribution in [0.1, 0.15) is 38.5 Å². The molecular weight excluding hydrogens is 250 g/mol. The molecule has 1 aromatic carbocycles. The van der Waals surface area contributed by atoms with Crippen molar-refractivity contribution in [3.8, 4) is 0 Å². The fourth-order valence-corrected chi connectivity index (χ4v) is 2.18. The van der Waals surface area contributed by atoms with E-state index in [-0.39, 0.29) is 0 Å². The highest BCUT2D eigenvalue weighted by Crippen LogP contribution is 2.26. The van der Waals surface area contributed by atoms with E-state index in [0.29, 0.717) is 12.5 Å². The number of benzene rings is 1. The van der Waals surface area contributed by atoms with Crippen LogP contribution in [0.4, 0.5) is 0 Å². The van der Waals surface area contributed by atoms with Crippen molar-refractivity contribution in [1.29, 1.82) is 0 Å². The first-order valence-electron chi connectivity index (χ1n) is 7.50. The molecule has 0 aliphatic heterocycles. The summed E-state index contributed by atoms with van der Waals surface area (Å²) in [7, 11) is 0. The number of nitrogens with one attached hydrogen (secondary N) is 1. The van der Waals surface area contributed by atoms with E-state index in [1.54, 1.807) is 0 Å². The Balaban J connectivity index is 2.11. The number of furan rings is 1. The third kappa shape index (κ3) is 3.84. The lowest BCUT2D eigenvalue weighted by Gasteiger charge is -2.07. The Morgan fingerprint density at radius 3 is 2.80 bits per heavy atom. The van der Waals surface area contributed by atoms with Crippen LogP contribution in [-0.2, 0) is 17.9 Å². The van der Waals surface area contributed by atoms with Gasteiger partial charge in [-0.25, -0.2) is 0 Å². The molecule has 0 bridgehead atoms. The summed E-state index contributed by atoms with van der Waals surface area (Å²) in [5, 5.41) is 4.50. The van der Waals surface area contributed by atoms with Crippen LogP contribution >= 0.6 is 0 Å². The number of para-hydroxylation sites is 1. The van der Waals surface area contributed by atoms with Crippen LogP contribution in [0.5, 0.6) is 0 Å². The minimum atomic E-state index is 0.629. The highest BCUT2D eigenvalue weighted by atomic mass is 16.5. The Morgan fingerprint density at radius 2 is 2.05 bits per heavy atom. The molecule has 110 valence electrons.